The van der Waals surface area contributed by atoms with E-state index < -0.39 is 0 Å². The number of aliphatic hydroxyl groups is 1. The van der Waals surface area contributed by atoms with E-state index in [4.69, 9.17) is 0 Å². The molecule has 0 saturated heterocycles. The van der Waals surface area contributed by atoms with Crippen molar-refractivity contribution in [3.05, 3.63) is 0 Å². The molecule has 4 aliphatic carbocycles. The Morgan fingerprint density at radius 2 is 1.77 bits per heavy atom. The number of Topliss-reactive ketones (excluding diaryl/α,β-unsaturated/α-hetero) is 1. The first-order valence-electron chi connectivity index (χ1n) is 13.3. The second-order valence-electron chi connectivity index (χ2n) is 12.6. The number of aliphatic hydroxyl groups excluding tert-OH is 1. The van der Waals surface area contributed by atoms with Crippen molar-refractivity contribution in [2.45, 2.75) is 98.1 Å². The van der Waals surface area contributed by atoms with Crippen LogP contribution in [0.2, 0.25) is 0 Å². The monoisotopic (exact) mass is 432 g/mol. The van der Waals surface area contributed by atoms with Crippen molar-refractivity contribution in [3.63, 3.8) is 0 Å². The van der Waals surface area contributed by atoms with Gasteiger partial charge in [0.05, 0.1) is 6.10 Å². The van der Waals surface area contributed by atoms with Crippen LogP contribution in [-0.4, -0.2) is 42.7 Å². The predicted octanol–water partition coefficient (Wildman–Crippen LogP) is 4.41. The quantitative estimate of drug-likeness (QED) is 0.522. The lowest BCUT2D eigenvalue weighted by molar-refractivity contribution is -0.168. The maximum atomic E-state index is 12.1. The van der Waals surface area contributed by atoms with Gasteiger partial charge in [-0.05, 0) is 91.4 Å². The molecule has 0 bridgehead atoms. The molecular weight excluding hydrogens is 384 g/mol. The molecular formula is C27H48N2O2. The van der Waals surface area contributed by atoms with Crippen LogP contribution in [0.25, 0.3) is 0 Å². The van der Waals surface area contributed by atoms with Crippen LogP contribution in [0.1, 0.15) is 86.0 Å². The Morgan fingerprint density at radius 1 is 1.03 bits per heavy atom. The van der Waals surface area contributed by atoms with Crippen molar-refractivity contribution in [2.75, 3.05) is 19.6 Å². The van der Waals surface area contributed by atoms with Crippen molar-refractivity contribution in [1.82, 2.24) is 10.6 Å². The number of carbonyl (C=O) groups is 1. The molecule has 4 heteroatoms. The van der Waals surface area contributed by atoms with E-state index in [9.17, 15) is 9.90 Å². The molecule has 5 unspecified atom stereocenters. The molecule has 0 spiro atoms. The summed E-state index contributed by atoms with van der Waals surface area (Å²) in [5, 5.41) is 18.5. The Hall–Kier alpha value is -0.450. The van der Waals surface area contributed by atoms with Gasteiger partial charge in [0.1, 0.15) is 5.78 Å². The number of nitrogens with one attached hydrogen (secondary N) is 2. The summed E-state index contributed by atoms with van der Waals surface area (Å²) in [4.78, 5) is 12.1. The molecule has 0 aliphatic heterocycles. The summed E-state index contributed by atoms with van der Waals surface area (Å²) in [7, 11) is 0. The summed E-state index contributed by atoms with van der Waals surface area (Å²) in [6.45, 7) is 15.1. The fraction of sp³-hybridized carbons (Fsp3) is 0.963. The lowest BCUT2D eigenvalue weighted by Gasteiger charge is -2.61. The van der Waals surface area contributed by atoms with Gasteiger partial charge < -0.3 is 15.7 Å². The van der Waals surface area contributed by atoms with Crippen LogP contribution in [0, 0.1) is 46.3 Å². The van der Waals surface area contributed by atoms with Crippen molar-refractivity contribution in [1.29, 1.82) is 0 Å². The highest BCUT2D eigenvalue weighted by Gasteiger charge is 2.62. The van der Waals surface area contributed by atoms with E-state index in [1.54, 1.807) is 0 Å². The number of hydrogen-bond donors (Lipinski definition) is 3. The average molecular weight is 433 g/mol. The third-order valence-electron chi connectivity index (χ3n) is 10.6. The third-order valence-corrected chi connectivity index (χ3v) is 10.6. The minimum absolute atomic E-state index is 0.201. The van der Waals surface area contributed by atoms with Crippen LogP contribution >= 0.6 is 0 Å². The van der Waals surface area contributed by atoms with Crippen LogP contribution in [0.5, 0.6) is 0 Å². The average Bonchev–Trinajstić information content (AvgIpc) is 3.06. The van der Waals surface area contributed by atoms with E-state index in [1.807, 2.05) is 0 Å². The SMILES string of the molecule is CC(C)NCCNC[C@@H](C)C1CCC2C3C(CC[C@@]21C)[C@@]1(C)CCC(=O)CC1C[C@H]3O. The summed E-state index contributed by atoms with van der Waals surface area (Å²) < 4.78 is 0. The topological polar surface area (TPSA) is 61.4 Å². The second-order valence-corrected chi connectivity index (χ2v) is 12.6. The lowest BCUT2D eigenvalue weighted by atomic mass is 9.44. The van der Waals surface area contributed by atoms with E-state index in [0.29, 0.717) is 46.8 Å². The Balaban J connectivity index is 1.42. The summed E-state index contributed by atoms with van der Waals surface area (Å²) in [5.41, 5.74) is 0.640. The van der Waals surface area contributed by atoms with Crippen molar-refractivity contribution in [2.24, 2.45) is 46.3 Å². The normalized spacial score (nSPS) is 45.8. The van der Waals surface area contributed by atoms with Gasteiger partial charge in [-0.25, -0.2) is 0 Å². The summed E-state index contributed by atoms with van der Waals surface area (Å²) in [6, 6.07) is 0.551. The Bertz CT molecular complexity index is 651. The highest BCUT2D eigenvalue weighted by molar-refractivity contribution is 5.79. The molecule has 0 aromatic carbocycles. The number of hydrogen-bond acceptors (Lipinski definition) is 4. The number of ketones is 1. The van der Waals surface area contributed by atoms with Crippen LogP contribution in [0.3, 0.4) is 0 Å². The van der Waals surface area contributed by atoms with Gasteiger partial charge in [-0.2, -0.15) is 0 Å². The first kappa shape index (κ1) is 23.7. The van der Waals surface area contributed by atoms with Gasteiger partial charge >= 0.3 is 0 Å². The standard InChI is InChI=1S/C27H48N2O2/c1-17(2)29-13-12-28-16-18(3)21-6-7-22-25-23(9-11-27(21,22)5)26(4)10-8-20(30)14-19(26)15-24(25)31/h17-19,21-25,28-29,31H,6-16H2,1-5H3/t18-,19?,21?,22?,23?,24-,25?,26+,27-/m1/s1. The largest absolute Gasteiger partial charge is 0.393 e. The van der Waals surface area contributed by atoms with Crippen molar-refractivity contribution < 1.29 is 9.90 Å². The highest BCUT2D eigenvalue weighted by atomic mass is 16.3. The summed E-state index contributed by atoms with van der Waals surface area (Å²) >= 11 is 0. The molecule has 0 amide bonds. The molecule has 4 nitrogen and oxygen atoms in total. The van der Waals surface area contributed by atoms with Crippen LogP contribution in [0.4, 0.5) is 0 Å². The Kier molecular flexibility index (Phi) is 6.93. The van der Waals surface area contributed by atoms with Gasteiger partial charge in [0, 0.05) is 32.0 Å². The molecule has 4 rings (SSSR count). The summed E-state index contributed by atoms with van der Waals surface area (Å²) in [5.74, 6) is 4.01. The maximum Gasteiger partial charge on any atom is 0.133 e. The minimum atomic E-state index is -0.201. The highest BCUT2D eigenvalue weighted by Crippen LogP contribution is 2.68. The van der Waals surface area contributed by atoms with Crippen LogP contribution in [0.15, 0.2) is 0 Å². The molecule has 4 fully saturated rings. The third kappa shape index (κ3) is 4.26. The minimum Gasteiger partial charge on any atom is -0.393 e. The van der Waals surface area contributed by atoms with Gasteiger partial charge in [-0.15, -0.1) is 0 Å². The first-order chi connectivity index (χ1) is 14.7. The predicted molar refractivity (Wildman–Crippen MR) is 127 cm³/mol. The van der Waals surface area contributed by atoms with Gasteiger partial charge in [-0.1, -0.05) is 34.6 Å². The number of fused-ring (bicyclic) bond motifs is 5. The maximum absolute atomic E-state index is 12.1. The van der Waals surface area contributed by atoms with E-state index in [0.717, 1.165) is 51.2 Å². The molecule has 3 N–H and O–H groups in total. The molecule has 0 radical (unpaired) electrons. The van der Waals surface area contributed by atoms with Gasteiger partial charge in [-0.3, -0.25) is 4.79 Å². The van der Waals surface area contributed by atoms with E-state index in [2.05, 4.69) is 45.3 Å². The molecule has 178 valence electrons. The van der Waals surface area contributed by atoms with Crippen molar-refractivity contribution in [3.8, 4) is 0 Å². The van der Waals surface area contributed by atoms with Gasteiger partial charge in [0.15, 0.2) is 0 Å². The molecule has 4 saturated carbocycles. The molecule has 9 atom stereocenters. The molecule has 0 aromatic rings. The zero-order valence-corrected chi connectivity index (χ0v) is 20.8. The Labute approximate surface area is 190 Å². The fourth-order valence-corrected chi connectivity index (χ4v) is 8.91. The van der Waals surface area contributed by atoms with E-state index >= 15 is 0 Å². The summed E-state index contributed by atoms with van der Waals surface area (Å²) in [6.07, 6.45) is 8.38. The number of rotatable bonds is 7. The smallest absolute Gasteiger partial charge is 0.133 e. The fourth-order valence-electron chi connectivity index (χ4n) is 8.91. The van der Waals surface area contributed by atoms with Crippen molar-refractivity contribution >= 4 is 5.78 Å². The zero-order valence-electron chi connectivity index (χ0n) is 20.8. The van der Waals surface area contributed by atoms with Gasteiger partial charge in [0.2, 0.25) is 0 Å². The van der Waals surface area contributed by atoms with Crippen LogP contribution < -0.4 is 10.6 Å². The molecule has 31 heavy (non-hydrogen) atoms. The second kappa shape index (κ2) is 9.06. The lowest BCUT2D eigenvalue weighted by Crippen LogP contribution is -2.58. The van der Waals surface area contributed by atoms with E-state index in [1.165, 1.54) is 25.7 Å². The molecule has 4 aliphatic rings. The van der Waals surface area contributed by atoms with E-state index in [-0.39, 0.29) is 11.5 Å². The van der Waals surface area contributed by atoms with Gasteiger partial charge in [0.25, 0.3) is 0 Å². The zero-order chi connectivity index (χ0) is 22.4. The molecule has 0 aromatic heterocycles. The Morgan fingerprint density at radius 3 is 2.52 bits per heavy atom. The number of carbonyl (C=O) groups excluding carboxylic acids is 1. The molecule has 0 heterocycles. The first-order valence-corrected chi connectivity index (χ1v) is 13.3. The van der Waals surface area contributed by atoms with Crippen LogP contribution in [-0.2, 0) is 4.79 Å².